The molecule has 0 aliphatic heterocycles. The lowest BCUT2D eigenvalue weighted by Crippen LogP contribution is -2.16. The Morgan fingerprint density at radius 3 is 2.83 bits per heavy atom. The molecular formula is C17H14N6O. The van der Waals surface area contributed by atoms with Crippen LogP contribution in [0.25, 0.3) is 16.6 Å². The lowest BCUT2D eigenvalue weighted by atomic mass is 10.1. The number of aromatic nitrogens is 5. The Balaban J connectivity index is 1.73. The molecule has 0 fully saturated rings. The van der Waals surface area contributed by atoms with Gasteiger partial charge in [-0.05, 0) is 47.7 Å². The number of rotatable bonds is 3. The summed E-state index contributed by atoms with van der Waals surface area (Å²) in [5.74, 6) is 0.400. The number of aryl methyl sites for hydroxylation is 1. The first kappa shape index (κ1) is 14.1. The molecule has 2 N–H and O–H groups in total. The van der Waals surface area contributed by atoms with Crippen molar-refractivity contribution in [2.24, 2.45) is 0 Å². The van der Waals surface area contributed by atoms with Gasteiger partial charge in [0, 0.05) is 17.1 Å². The lowest BCUT2D eigenvalue weighted by molar-refractivity contribution is 0.102. The van der Waals surface area contributed by atoms with E-state index in [1.807, 2.05) is 48.7 Å². The van der Waals surface area contributed by atoms with E-state index in [4.69, 9.17) is 0 Å². The van der Waals surface area contributed by atoms with Crippen LogP contribution in [0.5, 0.6) is 0 Å². The molecular weight excluding hydrogens is 304 g/mol. The highest BCUT2D eigenvalue weighted by molar-refractivity contribution is 6.10. The molecule has 7 nitrogen and oxygen atoms in total. The van der Waals surface area contributed by atoms with E-state index in [-0.39, 0.29) is 5.91 Å². The second-order valence-corrected chi connectivity index (χ2v) is 5.35. The first-order valence-electron chi connectivity index (χ1n) is 7.46. The number of aromatic amines is 1. The summed E-state index contributed by atoms with van der Waals surface area (Å²) in [6.07, 6.45) is 1.85. The predicted molar refractivity (Wildman–Crippen MR) is 90.1 cm³/mol. The van der Waals surface area contributed by atoms with Crippen LogP contribution < -0.4 is 5.32 Å². The van der Waals surface area contributed by atoms with Crippen LogP contribution in [0.2, 0.25) is 0 Å². The zero-order valence-electron chi connectivity index (χ0n) is 12.9. The Morgan fingerprint density at radius 1 is 1.12 bits per heavy atom. The number of nitrogens with one attached hydrogen (secondary N) is 2. The highest BCUT2D eigenvalue weighted by Gasteiger charge is 2.16. The fourth-order valence-corrected chi connectivity index (χ4v) is 2.69. The third kappa shape index (κ3) is 2.32. The molecule has 118 valence electrons. The standard InChI is InChI=1S/C17H14N6O/c1-11-20-21-22-23(11)16-8-3-2-5-13(16)17(24)19-15-7-4-6-14-12(15)9-10-18-14/h2-10,18H,1H3,(H,19,24). The van der Waals surface area contributed by atoms with Crippen LogP contribution >= 0.6 is 0 Å². The topological polar surface area (TPSA) is 88.5 Å². The predicted octanol–water partition coefficient (Wildman–Crippen LogP) is 2.70. The third-order valence-corrected chi connectivity index (χ3v) is 3.85. The van der Waals surface area contributed by atoms with Gasteiger partial charge in [0.1, 0.15) is 0 Å². The minimum Gasteiger partial charge on any atom is -0.361 e. The Morgan fingerprint density at radius 2 is 2.00 bits per heavy atom. The quantitative estimate of drug-likeness (QED) is 0.608. The van der Waals surface area contributed by atoms with Crippen molar-refractivity contribution < 1.29 is 4.79 Å². The van der Waals surface area contributed by atoms with E-state index < -0.39 is 0 Å². The van der Waals surface area contributed by atoms with Gasteiger partial charge in [-0.2, -0.15) is 4.68 Å². The Bertz CT molecular complexity index is 1030. The zero-order valence-corrected chi connectivity index (χ0v) is 12.9. The van der Waals surface area contributed by atoms with E-state index in [0.717, 1.165) is 16.6 Å². The average molecular weight is 318 g/mol. The molecule has 4 aromatic rings. The Kier molecular flexibility index (Phi) is 3.31. The molecule has 2 aromatic heterocycles. The second-order valence-electron chi connectivity index (χ2n) is 5.35. The number of fused-ring (bicyclic) bond motifs is 1. The molecule has 0 saturated carbocycles. The molecule has 0 bridgehead atoms. The summed E-state index contributed by atoms with van der Waals surface area (Å²) in [6, 6.07) is 14.9. The van der Waals surface area contributed by atoms with Crippen molar-refractivity contribution in [1.29, 1.82) is 0 Å². The number of H-pyrrole nitrogens is 1. The fourth-order valence-electron chi connectivity index (χ4n) is 2.69. The summed E-state index contributed by atoms with van der Waals surface area (Å²) in [5.41, 5.74) is 2.86. The number of hydrogen-bond donors (Lipinski definition) is 2. The Labute approximate surface area is 137 Å². The maximum atomic E-state index is 12.8. The fraction of sp³-hybridized carbons (Fsp3) is 0.0588. The van der Waals surface area contributed by atoms with Gasteiger partial charge in [-0.1, -0.05) is 18.2 Å². The van der Waals surface area contributed by atoms with Crippen LogP contribution in [0.3, 0.4) is 0 Å². The molecule has 24 heavy (non-hydrogen) atoms. The number of para-hydroxylation sites is 1. The van der Waals surface area contributed by atoms with Gasteiger partial charge in [0.05, 0.1) is 16.9 Å². The minimum atomic E-state index is -0.214. The number of benzene rings is 2. The molecule has 7 heteroatoms. The zero-order chi connectivity index (χ0) is 16.5. The largest absolute Gasteiger partial charge is 0.361 e. The number of carbonyl (C=O) groups excluding carboxylic acids is 1. The van der Waals surface area contributed by atoms with Crippen molar-refractivity contribution in [2.45, 2.75) is 6.92 Å². The molecule has 2 aromatic carbocycles. The average Bonchev–Trinajstić information content (AvgIpc) is 3.24. The minimum absolute atomic E-state index is 0.214. The van der Waals surface area contributed by atoms with Gasteiger partial charge in [-0.25, -0.2) is 0 Å². The number of nitrogens with zero attached hydrogens (tertiary/aromatic N) is 4. The molecule has 1 amide bonds. The maximum Gasteiger partial charge on any atom is 0.257 e. The number of anilines is 1. The van der Waals surface area contributed by atoms with Crippen molar-refractivity contribution in [2.75, 3.05) is 5.32 Å². The maximum absolute atomic E-state index is 12.8. The van der Waals surface area contributed by atoms with Gasteiger partial charge >= 0.3 is 0 Å². The van der Waals surface area contributed by atoms with E-state index in [1.165, 1.54) is 0 Å². The van der Waals surface area contributed by atoms with Crippen molar-refractivity contribution in [3.63, 3.8) is 0 Å². The Hall–Kier alpha value is -3.48. The van der Waals surface area contributed by atoms with Crippen LogP contribution in [0.4, 0.5) is 5.69 Å². The number of hydrogen-bond acceptors (Lipinski definition) is 4. The van der Waals surface area contributed by atoms with Crippen molar-refractivity contribution in [1.82, 2.24) is 25.2 Å². The monoisotopic (exact) mass is 318 g/mol. The second kappa shape index (κ2) is 5.62. The molecule has 0 spiro atoms. The van der Waals surface area contributed by atoms with Gasteiger partial charge in [0.25, 0.3) is 5.91 Å². The van der Waals surface area contributed by atoms with E-state index in [9.17, 15) is 4.79 Å². The van der Waals surface area contributed by atoms with E-state index in [2.05, 4.69) is 25.8 Å². The van der Waals surface area contributed by atoms with Gasteiger partial charge in [0.2, 0.25) is 0 Å². The van der Waals surface area contributed by atoms with Gasteiger partial charge in [0.15, 0.2) is 5.82 Å². The molecule has 0 radical (unpaired) electrons. The van der Waals surface area contributed by atoms with E-state index in [0.29, 0.717) is 17.1 Å². The molecule has 2 heterocycles. The highest BCUT2D eigenvalue weighted by Crippen LogP contribution is 2.23. The summed E-state index contributed by atoms with van der Waals surface area (Å²) < 4.78 is 1.55. The van der Waals surface area contributed by atoms with Gasteiger partial charge < -0.3 is 10.3 Å². The van der Waals surface area contributed by atoms with Crippen LogP contribution in [0, 0.1) is 6.92 Å². The van der Waals surface area contributed by atoms with Crippen LogP contribution in [0.1, 0.15) is 16.2 Å². The molecule has 0 saturated heterocycles. The van der Waals surface area contributed by atoms with Crippen molar-refractivity contribution in [3.05, 3.63) is 66.1 Å². The van der Waals surface area contributed by atoms with Gasteiger partial charge in [-0.3, -0.25) is 4.79 Å². The first-order valence-corrected chi connectivity index (χ1v) is 7.46. The van der Waals surface area contributed by atoms with Crippen molar-refractivity contribution >= 4 is 22.5 Å². The van der Waals surface area contributed by atoms with Crippen LogP contribution in [0.15, 0.2) is 54.7 Å². The summed E-state index contributed by atoms with van der Waals surface area (Å²) in [6.45, 7) is 1.79. The number of tetrazole rings is 1. The summed E-state index contributed by atoms with van der Waals surface area (Å²) in [5, 5.41) is 15.4. The molecule has 0 aliphatic carbocycles. The SMILES string of the molecule is Cc1nnnn1-c1ccccc1C(=O)Nc1cccc2[nH]ccc12. The van der Waals surface area contributed by atoms with Gasteiger partial charge in [-0.15, -0.1) is 5.10 Å². The molecule has 0 aliphatic rings. The normalized spacial score (nSPS) is 10.9. The van der Waals surface area contributed by atoms with Crippen LogP contribution in [-0.4, -0.2) is 31.1 Å². The highest BCUT2D eigenvalue weighted by atomic mass is 16.1. The molecule has 0 atom stereocenters. The first-order chi connectivity index (χ1) is 11.7. The molecule has 4 rings (SSSR count). The number of carbonyl (C=O) groups is 1. The summed E-state index contributed by atoms with van der Waals surface area (Å²) >= 11 is 0. The van der Waals surface area contributed by atoms with Crippen molar-refractivity contribution in [3.8, 4) is 5.69 Å². The van der Waals surface area contributed by atoms with E-state index in [1.54, 1.807) is 17.7 Å². The van der Waals surface area contributed by atoms with E-state index >= 15 is 0 Å². The van der Waals surface area contributed by atoms with Crippen LogP contribution in [-0.2, 0) is 0 Å². The number of amides is 1. The lowest BCUT2D eigenvalue weighted by Gasteiger charge is -2.11. The summed E-state index contributed by atoms with van der Waals surface area (Å²) in [7, 11) is 0. The smallest absolute Gasteiger partial charge is 0.257 e. The summed E-state index contributed by atoms with van der Waals surface area (Å²) in [4.78, 5) is 15.9. The third-order valence-electron chi connectivity index (χ3n) is 3.85. The molecule has 0 unspecified atom stereocenters.